The number of hydrogen-bond acceptors (Lipinski definition) is 4. The third-order valence-electron chi connectivity index (χ3n) is 4.83. The molecule has 0 aliphatic rings. The van der Waals surface area contributed by atoms with E-state index >= 15 is 0 Å². The van der Waals surface area contributed by atoms with Gasteiger partial charge in [0.15, 0.2) is 11.7 Å². The predicted molar refractivity (Wildman–Crippen MR) is 125 cm³/mol. The maximum Gasteiger partial charge on any atom is 0.191 e. The van der Waals surface area contributed by atoms with E-state index in [0.717, 1.165) is 56.3 Å². The fourth-order valence-corrected chi connectivity index (χ4v) is 2.75. The maximum atomic E-state index is 5.45. The van der Waals surface area contributed by atoms with Crippen LogP contribution < -0.4 is 10.6 Å². The molecule has 0 unspecified atom stereocenters. The van der Waals surface area contributed by atoms with Crippen molar-refractivity contribution in [1.82, 2.24) is 20.7 Å². The molecule has 0 aliphatic carbocycles. The van der Waals surface area contributed by atoms with E-state index in [1.807, 2.05) is 6.07 Å². The Morgan fingerprint density at radius 1 is 1.19 bits per heavy atom. The Bertz CT molecular complexity index is 514. The first kappa shape index (κ1) is 26.2. The Hall–Kier alpha value is -0.830. The van der Waals surface area contributed by atoms with Gasteiger partial charge in [-0.15, -0.1) is 24.0 Å². The predicted octanol–water partition coefficient (Wildman–Crippen LogP) is 4.37. The summed E-state index contributed by atoms with van der Waals surface area (Å²) in [5.41, 5.74) is 1.05. The maximum absolute atomic E-state index is 5.45. The van der Waals surface area contributed by atoms with Crippen LogP contribution in [0.25, 0.3) is 0 Å². The number of nitrogens with zero attached hydrogens (tertiary/aromatic N) is 3. The monoisotopic (exact) mass is 493 g/mol. The summed E-state index contributed by atoms with van der Waals surface area (Å²) in [4.78, 5) is 6.99. The van der Waals surface area contributed by atoms with Gasteiger partial charge >= 0.3 is 0 Å². The van der Waals surface area contributed by atoms with Crippen LogP contribution in [0.15, 0.2) is 15.6 Å². The number of hydrogen-bond donors (Lipinski definition) is 2. The molecule has 0 fully saturated rings. The molecule has 1 aromatic rings. The van der Waals surface area contributed by atoms with Gasteiger partial charge in [0.1, 0.15) is 6.54 Å². The van der Waals surface area contributed by atoms with E-state index in [0.29, 0.717) is 18.5 Å². The number of guanidine groups is 1. The van der Waals surface area contributed by atoms with Crippen LogP contribution in [0, 0.1) is 0 Å². The molecule has 1 aromatic heterocycles. The van der Waals surface area contributed by atoms with Crippen LogP contribution in [-0.4, -0.2) is 48.7 Å². The van der Waals surface area contributed by atoms with Gasteiger partial charge < -0.3 is 20.1 Å². The van der Waals surface area contributed by atoms with E-state index in [-0.39, 0.29) is 24.0 Å². The Kier molecular flexibility index (Phi) is 14.7. The molecule has 1 heterocycles. The lowest BCUT2D eigenvalue weighted by Crippen LogP contribution is -2.38. The summed E-state index contributed by atoms with van der Waals surface area (Å²) >= 11 is 0. The molecule has 0 radical (unpaired) electrons. The second-order valence-corrected chi connectivity index (χ2v) is 7.13. The molecule has 0 bridgehead atoms. The molecule has 27 heavy (non-hydrogen) atoms. The highest BCUT2D eigenvalue weighted by molar-refractivity contribution is 14.0. The first-order chi connectivity index (χ1) is 12.5. The summed E-state index contributed by atoms with van der Waals surface area (Å²) < 4.78 is 5.45. The summed E-state index contributed by atoms with van der Waals surface area (Å²) in [5, 5.41) is 10.9. The highest BCUT2D eigenvalue weighted by Crippen LogP contribution is 2.22. The van der Waals surface area contributed by atoms with Crippen LogP contribution in [0.4, 0.5) is 0 Å². The van der Waals surface area contributed by atoms with Crippen LogP contribution in [0.2, 0.25) is 0 Å². The zero-order valence-corrected chi connectivity index (χ0v) is 20.4. The van der Waals surface area contributed by atoms with Crippen molar-refractivity contribution in [2.45, 2.75) is 78.8 Å². The van der Waals surface area contributed by atoms with E-state index < -0.39 is 0 Å². The molecule has 2 N–H and O–H groups in total. The van der Waals surface area contributed by atoms with Crippen molar-refractivity contribution in [1.29, 1.82) is 0 Å². The highest BCUT2D eigenvalue weighted by atomic mass is 127. The fraction of sp³-hybridized carbons (Fsp3) is 0.800. The second-order valence-electron chi connectivity index (χ2n) is 7.13. The van der Waals surface area contributed by atoms with Crippen molar-refractivity contribution in [3.8, 4) is 0 Å². The van der Waals surface area contributed by atoms with Crippen molar-refractivity contribution in [2.75, 3.05) is 26.7 Å². The molecule has 1 rings (SSSR count). The zero-order chi connectivity index (χ0) is 19.4. The quantitative estimate of drug-likeness (QED) is 0.196. The van der Waals surface area contributed by atoms with Crippen molar-refractivity contribution < 1.29 is 4.52 Å². The van der Waals surface area contributed by atoms with E-state index in [9.17, 15) is 0 Å². The minimum absolute atomic E-state index is 0. The molecular weight excluding hydrogens is 453 g/mol. The van der Waals surface area contributed by atoms with E-state index in [1.165, 1.54) is 6.42 Å². The number of rotatable bonds is 12. The van der Waals surface area contributed by atoms with E-state index in [1.54, 1.807) is 0 Å². The van der Waals surface area contributed by atoms with Crippen LogP contribution in [0.5, 0.6) is 0 Å². The highest BCUT2D eigenvalue weighted by Gasteiger charge is 2.12. The summed E-state index contributed by atoms with van der Waals surface area (Å²) in [6.07, 6.45) is 4.48. The van der Waals surface area contributed by atoms with Gasteiger partial charge in [0, 0.05) is 31.1 Å². The molecule has 0 atom stereocenters. The zero-order valence-electron chi connectivity index (χ0n) is 18.0. The molecule has 158 valence electrons. The molecule has 0 saturated heterocycles. The third-order valence-corrected chi connectivity index (χ3v) is 4.83. The molecule has 0 saturated carbocycles. The number of aliphatic imine (C=N–C) groups is 1. The Morgan fingerprint density at radius 2 is 1.89 bits per heavy atom. The lowest BCUT2D eigenvalue weighted by molar-refractivity contribution is 0.268. The number of nitrogens with one attached hydrogen (secondary N) is 2. The molecule has 0 spiro atoms. The van der Waals surface area contributed by atoms with Crippen molar-refractivity contribution >= 4 is 29.9 Å². The van der Waals surface area contributed by atoms with Crippen LogP contribution in [0.3, 0.4) is 0 Å². The first-order valence-corrected chi connectivity index (χ1v) is 10.2. The summed E-state index contributed by atoms with van der Waals surface area (Å²) in [6, 6.07) is 2.65. The SMILES string of the molecule is CCNC(=NCc1cc(C(CC)CC)no1)NCCCCN(C)C(C)C.I. The molecule has 0 aromatic carbocycles. The minimum Gasteiger partial charge on any atom is -0.359 e. The van der Waals surface area contributed by atoms with Gasteiger partial charge in [0.05, 0.1) is 5.69 Å². The van der Waals surface area contributed by atoms with Gasteiger partial charge in [-0.3, -0.25) is 0 Å². The van der Waals surface area contributed by atoms with E-state index in [4.69, 9.17) is 4.52 Å². The largest absolute Gasteiger partial charge is 0.359 e. The summed E-state index contributed by atoms with van der Waals surface area (Å²) in [5.74, 6) is 2.14. The van der Waals surface area contributed by atoms with Gasteiger partial charge in [-0.25, -0.2) is 4.99 Å². The van der Waals surface area contributed by atoms with Gasteiger partial charge in [0.25, 0.3) is 0 Å². The van der Waals surface area contributed by atoms with Crippen molar-refractivity contribution in [3.63, 3.8) is 0 Å². The van der Waals surface area contributed by atoms with Crippen LogP contribution >= 0.6 is 24.0 Å². The van der Waals surface area contributed by atoms with Gasteiger partial charge in [0.2, 0.25) is 0 Å². The molecular formula is C20H40IN5O. The fourth-order valence-electron chi connectivity index (χ4n) is 2.75. The average Bonchev–Trinajstić information content (AvgIpc) is 3.08. The Morgan fingerprint density at radius 3 is 2.48 bits per heavy atom. The Balaban J connectivity index is 0.00000676. The summed E-state index contributed by atoms with van der Waals surface area (Å²) in [6.45, 7) is 14.3. The average molecular weight is 493 g/mol. The summed E-state index contributed by atoms with van der Waals surface area (Å²) in [7, 11) is 2.18. The van der Waals surface area contributed by atoms with Crippen LogP contribution in [-0.2, 0) is 6.54 Å². The van der Waals surface area contributed by atoms with Crippen LogP contribution in [0.1, 0.15) is 77.7 Å². The smallest absolute Gasteiger partial charge is 0.191 e. The van der Waals surface area contributed by atoms with Gasteiger partial charge in [-0.2, -0.15) is 0 Å². The standard InChI is InChI=1S/C20H39N5O.HI/c1-7-17(8-2)19-14-18(26-24-19)15-23-20(21-9-3)22-12-10-11-13-25(6)16(4)5;/h14,16-17H,7-13,15H2,1-6H3,(H2,21,22,23);1H. The second kappa shape index (κ2) is 15.1. The topological polar surface area (TPSA) is 65.7 Å². The minimum atomic E-state index is 0. The molecule has 7 heteroatoms. The number of unbranched alkanes of at least 4 members (excludes halogenated alkanes) is 1. The van der Waals surface area contributed by atoms with Crippen molar-refractivity contribution in [2.24, 2.45) is 4.99 Å². The number of halogens is 1. The third kappa shape index (κ3) is 10.3. The molecule has 0 amide bonds. The lowest BCUT2D eigenvalue weighted by atomic mass is 9.99. The van der Waals surface area contributed by atoms with Gasteiger partial charge in [-0.05, 0) is 60.0 Å². The van der Waals surface area contributed by atoms with E-state index in [2.05, 4.69) is 67.3 Å². The molecule has 6 nitrogen and oxygen atoms in total. The van der Waals surface area contributed by atoms with Crippen molar-refractivity contribution in [3.05, 3.63) is 17.5 Å². The normalized spacial score (nSPS) is 12.0. The Labute approximate surface area is 182 Å². The number of aromatic nitrogens is 1. The molecule has 0 aliphatic heterocycles. The lowest BCUT2D eigenvalue weighted by Gasteiger charge is -2.20. The first-order valence-electron chi connectivity index (χ1n) is 10.2. The van der Waals surface area contributed by atoms with Gasteiger partial charge in [-0.1, -0.05) is 19.0 Å².